The van der Waals surface area contributed by atoms with E-state index in [4.69, 9.17) is 5.73 Å². The first-order chi connectivity index (χ1) is 20.4. The summed E-state index contributed by atoms with van der Waals surface area (Å²) < 4.78 is 32.8. The molecule has 11 nitrogen and oxygen atoms in total. The Balaban J connectivity index is 1.24. The summed E-state index contributed by atoms with van der Waals surface area (Å²) in [4.78, 5) is 20.5. The molecule has 1 aliphatic rings. The summed E-state index contributed by atoms with van der Waals surface area (Å²) in [6, 6.07) is 18.1. The van der Waals surface area contributed by atoms with E-state index in [9.17, 15) is 13.2 Å². The summed E-state index contributed by atoms with van der Waals surface area (Å²) in [6.07, 6.45) is 7.59. The van der Waals surface area contributed by atoms with Gasteiger partial charge in [0.2, 0.25) is 10.0 Å². The van der Waals surface area contributed by atoms with E-state index in [1.54, 1.807) is 41.0 Å². The number of aromatic nitrogens is 5. The molecule has 218 valence electrons. The van der Waals surface area contributed by atoms with Crippen molar-refractivity contribution in [3.05, 3.63) is 95.3 Å². The van der Waals surface area contributed by atoms with E-state index in [0.717, 1.165) is 48.1 Å². The molecular weight excluding hydrogens is 552 g/mol. The van der Waals surface area contributed by atoms with Gasteiger partial charge in [0, 0.05) is 55.3 Å². The van der Waals surface area contributed by atoms with Crippen molar-refractivity contribution in [2.24, 2.45) is 5.73 Å². The van der Waals surface area contributed by atoms with Crippen LogP contribution in [0.3, 0.4) is 0 Å². The van der Waals surface area contributed by atoms with Crippen molar-refractivity contribution < 1.29 is 8.42 Å². The highest BCUT2D eigenvalue weighted by molar-refractivity contribution is 7.89. The van der Waals surface area contributed by atoms with Crippen LogP contribution in [0.1, 0.15) is 24.8 Å². The van der Waals surface area contributed by atoms with E-state index < -0.39 is 15.7 Å². The Morgan fingerprint density at radius 2 is 1.81 bits per heavy atom. The fourth-order valence-electron chi connectivity index (χ4n) is 5.48. The van der Waals surface area contributed by atoms with Crippen LogP contribution in [0.5, 0.6) is 0 Å². The second-order valence-corrected chi connectivity index (χ2v) is 12.4. The van der Waals surface area contributed by atoms with Gasteiger partial charge in [-0.15, -0.1) is 0 Å². The molecule has 0 bridgehead atoms. The van der Waals surface area contributed by atoms with Gasteiger partial charge in [0.15, 0.2) is 0 Å². The molecule has 2 aromatic carbocycles. The molecular formula is C30H34N8O3S. The van der Waals surface area contributed by atoms with Gasteiger partial charge in [-0.25, -0.2) is 13.2 Å². The van der Waals surface area contributed by atoms with E-state index in [1.807, 2.05) is 47.3 Å². The number of H-pyrrole nitrogens is 1. The molecule has 4 N–H and O–H groups in total. The normalized spacial score (nSPS) is 14.6. The SMILES string of the molecule is NCc1ccc(-n2cc3cc(-c4ccc(S(=O)(=O)N(CCCn5cccn5)C5CCNCC5)cc4)[nH]c3nc2=O)cc1. The number of sulfonamides is 1. The zero-order valence-corrected chi connectivity index (χ0v) is 24.0. The fraction of sp³-hybridized carbons (Fsp3) is 0.300. The van der Waals surface area contributed by atoms with E-state index in [2.05, 4.69) is 20.4 Å². The van der Waals surface area contributed by atoms with Crippen LogP contribution in [0.15, 0.2) is 88.9 Å². The largest absolute Gasteiger partial charge is 0.354 e. The molecule has 0 atom stereocenters. The van der Waals surface area contributed by atoms with Crippen molar-refractivity contribution in [3.63, 3.8) is 0 Å². The molecule has 6 rings (SSSR count). The number of rotatable bonds is 10. The Kier molecular flexibility index (Phi) is 8.02. The van der Waals surface area contributed by atoms with Crippen molar-refractivity contribution in [3.8, 4) is 16.9 Å². The third-order valence-corrected chi connectivity index (χ3v) is 9.74. The third-order valence-electron chi connectivity index (χ3n) is 7.77. The first-order valence-corrected chi connectivity index (χ1v) is 15.6. The molecule has 1 saturated heterocycles. The molecule has 0 saturated carbocycles. The standard InChI is InChI=1S/C30H34N8O3S/c31-20-22-3-7-25(8-4-22)37-21-24-19-28(34-29(24)35-30(37)39)23-5-9-27(10-6-23)42(40,41)38(26-11-14-32-15-12-26)18-2-17-36-16-1-13-33-36/h1,3-10,13,16,19,21,26,32H,2,11-12,14-15,17-18,20,31H2,(H,34,35,39). The Morgan fingerprint density at radius 3 is 2.50 bits per heavy atom. The fourth-order valence-corrected chi connectivity index (χ4v) is 7.21. The summed E-state index contributed by atoms with van der Waals surface area (Å²) in [5.74, 6) is 0. The maximum absolute atomic E-state index is 13.9. The monoisotopic (exact) mass is 586 g/mol. The van der Waals surface area contributed by atoms with Gasteiger partial charge < -0.3 is 16.0 Å². The van der Waals surface area contributed by atoms with Crippen molar-refractivity contribution in [2.45, 2.75) is 43.3 Å². The minimum absolute atomic E-state index is 0.0483. The third kappa shape index (κ3) is 5.79. The highest BCUT2D eigenvalue weighted by Gasteiger charge is 2.32. The van der Waals surface area contributed by atoms with Gasteiger partial charge in [0.05, 0.1) is 10.6 Å². The number of fused-ring (bicyclic) bond motifs is 1. The minimum atomic E-state index is -3.71. The molecule has 0 radical (unpaired) electrons. The maximum Gasteiger partial charge on any atom is 0.354 e. The number of aryl methyl sites for hydroxylation is 1. The van der Waals surface area contributed by atoms with E-state index in [1.165, 1.54) is 4.57 Å². The Bertz CT molecular complexity index is 1810. The topological polar surface area (TPSA) is 144 Å². The number of hydrogen-bond acceptors (Lipinski definition) is 7. The molecule has 42 heavy (non-hydrogen) atoms. The van der Waals surface area contributed by atoms with Crippen LogP contribution < -0.4 is 16.7 Å². The highest BCUT2D eigenvalue weighted by atomic mass is 32.2. The summed E-state index contributed by atoms with van der Waals surface area (Å²) >= 11 is 0. The lowest BCUT2D eigenvalue weighted by molar-refractivity contribution is 0.255. The zero-order valence-electron chi connectivity index (χ0n) is 23.2. The van der Waals surface area contributed by atoms with Crippen LogP contribution in [0, 0.1) is 0 Å². The molecule has 5 aromatic rings. The number of piperidine rings is 1. The maximum atomic E-state index is 13.9. The van der Waals surface area contributed by atoms with Gasteiger partial charge in [0.25, 0.3) is 0 Å². The summed E-state index contributed by atoms with van der Waals surface area (Å²) in [6.45, 7) is 3.10. The van der Waals surface area contributed by atoms with Crippen LogP contribution in [0.25, 0.3) is 28.0 Å². The van der Waals surface area contributed by atoms with Crippen molar-refractivity contribution in [1.29, 1.82) is 0 Å². The Hall–Kier alpha value is -4.10. The Morgan fingerprint density at radius 1 is 1.05 bits per heavy atom. The molecule has 1 fully saturated rings. The molecule has 3 aromatic heterocycles. The lowest BCUT2D eigenvalue weighted by Gasteiger charge is -2.33. The average molecular weight is 587 g/mol. The minimum Gasteiger partial charge on any atom is -0.339 e. The first kappa shape index (κ1) is 28.0. The van der Waals surface area contributed by atoms with Gasteiger partial charge in [-0.05, 0) is 79.9 Å². The molecule has 0 amide bonds. The van der Waals surface area contributed by atoms with Crippen LogP contribution in [0.4, 0.5) is 0 Å². The predicted molar refractivity (Wildman–Crippen MR) is 162 cm³/mol. The molecule has 0 spiro atoms. The molecule has 0 aliphatic carbocycles. The van der Waals surface area contributed by atoms with Crippen molar-refractivity contribution in [2.75, 3.05) is 19.6 Å². The lowest BCUT2D eigenvalue weighted by Crippen LogP contribution is -2.46. The summed E-state index contributed by atoms with van der Waals surface area (Å²) in [5.41, 5.74) is 8.98. The Labute approximate surface area is 244 Å². The first-order valence-electron chi connectivity index (χ1n) is 14.1. The quantitative estimate of drug-likeness (QED) is 0.228. The predicted octanol–water partition coefficient (Wildman–Crippen LogP) is 2.87. The molecule has 12 heteroatoms. The number of nitrogens with one attached hydrogen (secondary N) is 2. The average Bonchev–Trinajstić information content (AvgIpc) is 3.69. The van der Waals surface area contributed by atoms with Gasteiger partial charge >= 0.3 is 5.69 Å². The second-order valence-electron chi connectivity index (χ2n) is 10.5. The van der Waals surface area contributed by atoms with Crippen LogP contribution in [-0.4, -0.2) is 62.7 Å². The lowest BCUT2D eigenvalue weighted by atomic mass is 10.1. The molecule has 1 aliphatic heterocycles. The van der Waals surface area contributed by atoms with Gasteiger partial charge in [-0.3, -0.25) is 9.25 Å². The number of nitrogens with zero attached hydrogens (tertiary/aromatic N) is 5. The molecule has 0 unspecified atom stereocenters. The number of aromatic amines is 1. The second kappa shape index (κ2) is 12.0. The highest BCUT2D eigenvalue weighted by Crippen LogP contribution is 2.27. The number of hydrogen-bond donors (Lipinski definition) is 3. The van der Waals surface area contributed by atoms with Crippen LogP contribution in [0.2, 0.25) is 0 Å². The van der Waals surface area contributed by atoms with Crippen LogP contribution in [-0.2, 0) is 23.1 Å². The van der Waals surface area contributed by atoms with Gasteiger partial charge in [-0.2, -0.15) is 14.4 Å². The zero-order chi connectivity index (χ0) is 29.1. The smallest absolute Gasteiger partial charge is 0.339 e. The molecule has 4 heterocycles. The van der Waals surface area contributed by atoms with E-state index in [-0.39, 0.29) is 10.9 Å². The summed E-state index contributed by atoms with van der Waals surface area (Å²) in [5, 5.41) is 8.33. The number of benzene rings is 2. The van der Waals surface area contributed by atoms with Crippen LogP contribution >= 0.6 is 0 Å². The number of nitrogens with two attached hydrogens (primary N) is 1. The van der Waals surface area contributed by atoms with Crippen molar-refractivity contribution >= 4 is 21.1 Å². The van der Waals surface area contributed by atoms with Gasteiger partial charge in [0.1, 0.15) is 5.65 Å². The van der Waals surface area contributed by atoms with E-state index in [0.29, 0.717) is 37.4 Å². The van der Waals surface area contributed by atoms with Crippen molar-refractivity contribution in [1.82, 2.24) is 33.9 Å². The van der Waals surface area contributed by atoms with Gasteiger partial charge in [-0.1, -0.05) is 24.3 Å². The summed E-state index contributed by atoms with van der Waals surface area (Å²) in [7, 11) is -3.71. The van der Waals surface area contributed by atoms with E-state index >= 15 is 0 Å².